The summed E-state index contributed by atoms with van der Waals surface area (Å²) in [5.41, 5.74) is -0.0211. The molecule has 1 aromatic carbocycles. The molecule has 28 heavy (non-hydrogen) atoms. The molecule has 0 bridgehead atoms. The lowest BCUT2D eigenvalue weighted by Crippen LogP contribution is -2.19. The molecule has 0 saturated carbocycles. The minimum Gasteiger partial charge on any atom is -0.454 e. The number of fused-ring (bicyclic) bond motifs is 2. The summed E-state index contributed by atoms with van der Waals surface area (Å²) in [6, 6.07) is 6.21. The predicted octanol–water partition coefficient (Wildman–Crippen LogP) is 4.76. The molecule has 9 heteroatoms. The van der Waals surface area contributed by atoms with Crippen LogP contribution in [0.5, 0.6) is 11.5 Å². The Labute approximate surface area is 163 Å². The van der Waals surface area contributed by atoms with E-state index in [1.54, 1.807) is 22.8 Å². The van der Waals surface area contributed by atoms with E-state index in [1.807, 2.05) is 13.8 Å². The molecule has 0 spiro atoms. The van der Waals surface area contributed by atoms with Gasteiger partial charge in [-0.1, -0.05) is 6.92 Å². The van der Waals surface area contributed by atoms with Crippen LogP contribution in [-0.4, -0.2) is 21.3 Å². The lowest BCUT2D eigenvalue weighted by molar-refractivity contribution is 0.153. The summed E-state index contributed by atoms with van der Waals surface area (Å²) < 4.78 is 40.1. The van der Waals surface area contributed by atoms with Crippen LogP contribution in [0.1, 0.15) is 38.3 Å². The van der Waals surface area contributed by atoms with Gasteiger partial charge in [-0.15, -0.1) is 0 Å². The molecule has 1 N–H and O–H groups in total. The van der Waals surface area contributed by atoms with Crippen LogP contribution in [0, 0.1) is 4.77 Å². The number of aromatic nitrogens is 3. The van der Waals surface area contributed by atoms with Crippen molar-refractivity contribution >= 4 is 23.3 Å². The molecule has 0 radical (unpaired) electrons. The van der Waals surface area contributed by atoms with E-state index in [2.05, 4.69) is 9.97 Å². The van der Waals surface area contributed by atoms with Gasteiger partial charge in [0.25, 0.3) is 12.0 Å². The first-order chi connectivity index (χ1) is 13.4. The number of ether oxygens (including phenoxy) is 2. The summed E-state index contributed by atoms with van der Waals surface area (Å²) in [4.78, 5) is 19.5. The monoisotopic (exact) mass is 405 g/mol. The van der Waals surface area contributed by atoms with Crippen molar-refractivity contribution in [1.29, 1.82) is 0 Å². The number of hydrogen-bond donors (Lipinski definition) is 1. The summed E-state index contributed by atoms with van der Waals surface area (Å²) in [6.45, 7) is 3.94. The number of hydrogen-bond acceptors (Lipinski definition) is 5. The van der Waals surface area contributed by atoms with Crippen LogP contribution < -0.4 is 15.0 Å². The van der Waals surface area contributed by atoms with Crippen molar-refractivity contribution in [1.82, 2.24) is 14.5 Å². The maximum Gasteiger partial charge on any atom is 0.264 e. The van der Waals surface area contributed by atoms with Gasteiger partial charge in [0.05, 0.1) is 11.1 Å². The Morgan fingerprint density at radius 1 is 1.29 bits per heavy atom. The van der Waals surface area contributed by atoms with Crippen molar-refractivity contribution in [2.75, 3.05) is 6.79 Å². The van der Waals surface area contributed by atoms with Gasteiger partial charge in [0.2, 0.25) is 6.79 Å². The highest BCUT2D eigenvalue weighted by Crippen LogP contribution is 2.37. The molecule has 3 heterocycles. The maximum atomic E-state index is 13.8. The zero-order valence-electron chi connectivity index (χ0n) is 15.2. The topological polar surface area (TPSA) is 69.1 Å². The Balaban J connectivity index is 2.06. The van der Waals surface area contributed by atoms with Crippen molar-refractivity contribution in [3.63, 3.8) is 0 Å². The van der Waals surface area contributed by atoms with E-state index in [0.717, 1.165) is 0 Å². The first-order valence-electron chi connectivity index (χ1n) is 8.78. The number of aromatic amines is 1. The van der Waals surface area contributed by atoms with E-state index in [0.29, 0.717) is 29.2 Å². The molecule has 0 fully saturated rings. The van der Waals surface area contributed by atoms with E-state index >= 15 is 0 Å². The normalized spacial score (nSPS) is 14.0. The van der Waals surface area contributed by atoms with Gasteiger partial charge in [-0.3, -0.25) is 14.3 Å². The average Bonchev–Trinajstić information content (AvgIpc) is 3.14. The van der Waals surface area contributed by atoms with Crippen LogP contribution in [0.2, 0.25) is 0 Å². The third-order valence-electron chi connectivity index (χ3n) is 4.86. The highest BCUT2D eigenvalue weighted by molar-refractivity contribution is 7.71. The number of H-pyrrole nitrogens is 1. The second-order valence-electron chi connectivity index (χ2n) is 6.55. The molecule has 4 rings (SSSR count). The van der Waals surface area contributed by atoms with Crippen LogP contribution in [-0.2, 0) is 0 Å². The third kappa shape index (κ3) is 2.95. The highest BCUT2D eigenvalue weighted by Gasteiger charge is 2.22. The Bertz CT molecular complexity index is 1190. The fourth-order valence-electron chi connectivity index (χ4n) is 3.24. The summed E-state index contributed by atoms with van der Waals surface area (Å²) in [6.07, 6.45) is -2.16. The minimum atomic E-state index is -2.85. The van der Waals surface area contributed by atoms with Crippen molar-refractivity contribution in [2.24, 2.45) is 0 Å². The average molecular weight is 405 g/mol. The van der Waals surface area contributed by atoms with Crippen LogP contribution in [0.3, 0.4) is 0 Å². The second-order valence-corrected chi connectivity index (χ2v) is 6.94. The molecule has 1 atom stereocenters. The molecule has 0 aliphatic carbocycles. The van der Waals surface area contributed by atoms with Crippen LogP contribution >= 0.6 is 12.2 Å². The lowest BCUT2D eigenvalue weighted by Gasteiger charge is -2.18. The molecule has 1 aliphatic rings. The fourth-order valence-corrected chi connectivity index (χ4v) is 3.60. The summed E-state index contributed by atoms with van der Waals surface area (Å²) in [7, 11) is 0. The standard InChI is InChI=1S/C19H17F2N3O3S/c1-3-9(2)24-17-15(18(25)23-19(24)28)11(16(20)21)7-12(22-17)10-4-5-13-14(6-10)27-8-26-13/h4-7,9,16H,3,8H2,1-2H3,(H,23,25,28). The first-order valence-corrected chi connectivity index (χ1v) is 9.19. The molecule has 0 amide bonds. The van der Waals surface area contributed by atoms with Crippen molar-refractivity contribution in [3.05, 3.63) is 45.0 Å². The largest absolute Gasteiger partial charge is 0.454 e. The van der Waals surface area contributed by atoms with Gasteiger partial charge < -0.3 is 9.47 Å². The summed E-state index contributed by atoms with van der Waals surface area (Å²) >= 11 is 5.29. The first kappa shape index (κ1) is 18.5. The number of rotatable bonds is 4. The predicted molar refractivity (Wildman–Crippen MR) is 103 cm³/mol. The number of nitrogens with one attached hydrogen (secondary N) is 1. The number of nitrogens with zero attached hydrogens (tertiary/aromatic N) is 2. The van der Waals surface area contributed by atoms with Crippen LogP contribution in [0.4, 0.5) is 8.78 Å². The zero-order valence-corrected chi connectivity index (χ0v) is 16.0. The van der Waals surface area contributed by atoms with Gasteiger partial charge in [0.1, 0.15) is 5.65 Å². The number of benzene rings is 1. The lowest BCUT2D eigenvalue weighted by atomic mass is 10.1. The molecule has 2 aromatic heterocycles. The van der Waals surface area contributed by atoms with E-state index in [-0.39, 0.29) is 34.2 Å². The van der Waals surface area contributed by atoms with Gasteiger partial charge >= 0.3 is 0 Å². The van der Waals surface area contributed by atoms with Gasteiger partial charge in [-0.25, -0.2) is 13.8 Å². The van der Waals surface area contributed by atoms with E-state index < -0.39 is 12.0 Å². The molecule has 1 aliphatic heterocycles. The maximum absolute atomic E-state index is 13.8. The molecule has 3 aromatic rings. The van der Waals surface area contributed by atoms with E-state index in [9.17, 15) is 13.6 Å². The Hall–Kier alpha value is -2.81. The van der Waals surface area contributed by atoms with Crippen molar-refractivity contribution in [2.45, 2.75) is 32.7 Å². The molecule has 6 nitrogen and oxygen atoms in total. The fraction of sp³-hybridized carbons (Fsp3) is 0.316. The highest BCUT2D eigenvalue weighted by atomic mass is 32.1. The molecular weight excluding hydrogens is 388 g/mol. The second kappa shape index (κ2) is 6.97. The summed E-state index contributed by atoms with van der Waals surface area (Å²) in [5, 5.41) is -0.145. The number of alkyl halides is 2. The minimum absolute atomic E-state index is 0.106. The number of halogens is 2. The van der Waals surface area contributed by atoms with Gasteiger partial charge in [-0.2, -0.15) is 0 Å². The molecule has 0 saturated heterocycles. The Kier molecular flexibility index (Phi) is 4.62. The molecule has 146 valence electrons. The quantitative estimate of drug-likeness (QED) is 0.634. The summed E-state index contributed by atoms with van der Waals surface area (Å²) in [5.74, 6) is 1.10. The molecule has 1 unspecified atom stereocenters. The Morgan fingerprint density at radius 3 is 2.75 bits per heavy atom. The van der Waals surface area contributed by atoms with Gasteiger partial charge in [0, 0.05) is 17.2 Å². The van der Waals surface area contributed by atoms with Gasteiger partial charge in [-0.05, 0) is 49.8 Å². The van der Waals surface area contributed by atoms with Gasteiger partial charge in [0.15, 0.2) is 16.3 Å². The molecular formula is C19H17F2N3O3S. The van der Waals surface area contributed by atoms with Crippen LogP contribution in [0.15, 0.2) is 29.1 Å². The van der Waals surface area contributed by atoms with E-state index in [1.165, 1.54) is 6.07 Å². The number of pyridine rings is 1. The Morgan fingerprint density at radius 2 is 2.04 bits per heavy atom. The third-order valence-corrected chi connectivity index (χ3v) is 5.16. The zero-order chi connectivity index (χ0) is 20.0. The smallest absolute Gasteiger partial charge is 0.264 e. The van der Waals surface area contributed by atoms with E-state index in [4.69, 9.17) is 21.7 Å². The van der Waals surface area contributed by atoms with Crippen molar-refractivity contribution < 1.29 is 18.3 Å². The van der Waals surface area contributed by atoms with Crippen LogP contribution in [0.25, 0.3) is 22.3 Å². The van der Waals surface area contributed by atoms with Crippen molar-refractivity contribution in [3.8, 4) is 22.8 Å². The SMILES string of the molecule is CCC(C)n1c(=S)[nH]c(=O)c2c(C(F)F)cc(-c3ccc4c(c3)OCO4)nc21.